The summed E-state index contributed by atoms with van der Waals surface area (Å²) in [5, 5.41) is 3.71. The van der Waals surface area contributed by atoms with Crippen molar-refractivity contribution in [1.82, 2.24) is 9.24 Å². The highest BCUT2D eigenvalue weighted by atomic mass is 15.4. The van der Waals surface area contributed by atoms with Crippen LogP contribution < -0.4 is 10.3 Å². The topological polar surface area (TPSA) is 25.1 Å². The smallest absolute Gasteiger partial charge is 0.0744 e. The van der Waals surface area contributed by atoms with E-state index < -0.39 is 0 Å². The van der Waals surface area contributed by atoms with Crippen molar-refractivity contribution in [3.8, 4) is 5.69 Å². The second kappa shape index (κ2) is 12.1. The number of nitrogens with one attached hydrogen (secondary N) is 1. The predicted octanol–water partition coefficient (Wildman–Crippen LogP) is 11.7. The number of para-hydroxylation sites is 2. The van der Waals surface area contributed by atoms with Gasteiger partial charge in [-0.15, -0.1) is 6.58 Å². The van der Waals surface area contributed by atoms with Gasteiger partial charge in [0.1, 0.15) is 0 Å². The monoisotopic (exact) mass is 624 g/mol. The molecule has 2 aromatic heterocycles. The molecule has 48 heavy (non-hydrogen) atoms. The molecule has 0 spiro atoms. The molecule has 0 unspecified atom stereocenters. The number of aromatic nitrogens is 2. The lowest BCUT2D eigenvalue weighted by molar-refractivity contribution is 0.864. The van der Waals surface area contributed by atoms with E-state index >= 15 is 0 Å². The van der Waals surface area contributed by atoms with E-state index in [1.807, 2.05) is 6.08 Å². The van der Waals surface area contributed by atoms with Crippen molar-refractivity contribution < 1.29 is 0 Å². The highest BCUT2D eigenvalue weighted by Crippen LogP contribution is 2.43. The fraction of sp³-hybridized carbons (Fsp3) is 0.136. The fourth-order valence-electron chi connectivity index (χ4n) is 7.36. The molecular weight excluding hydrogens is 585 g/mol. The fourth-order valence-corrected chi connectivity index (χ4v) is 7.36. The van der Waals surface area contributed by atoms with Gasteiger partial charge in [-0.25, -0.2) is 0 Å². The first-order valence-corrected chi connectivity index (χ1v) is 16.9. The third-order valence-electron chi connectivity index (χ3n) is 9.65. The van der Waals surface area contributed by atoms with Gasteiger partial charge in [0, 0.05) is 63.2 Å². The van der Waals surface area contributed by atoms with Crippen molar-refractivity contribution in [2.45, 2.75) is 39.0 Å². The maximum atomic E-state index is 4.54. The van der Waals surface area contributed by atoms with Crippen LogP contribution in [0.1, 0.15) is 55.0 Å². The largest absolute Gasteiger partial charge is 0.316 e. The molecule has 0 saturated heterocycles. The molecule has 1 aliphatic heterocycles. The van der Waals surface area contributed by atoms with Crippen LogP contribution in [0.4, 0.5) is 11.4 Å². The molecule has 1 N–H and O–H groups in total. The highest BCUT2D eigenvalue weighted by molar-refractivity contribution is 6.12. The van der Waals surface area contributed by atoms with Gasteiger partial charge in [-0.2, -0.15) is 0 Å². The Bertz CT molecular complexity index is 2350. The van der Waals surface area contributed by atoms with Crippen molar-refractivity contribution >= 4 is 55.7 Å². The zero-order chi connectivity index (χ0) is 32.8. The third-order valence-corrected chi connectivity index (χ3v) is 9.65. The van der Waals surface area contributed by atoms with Gasteiger partial charge in [0.05, 0.1) is 22.2 Å². The third kappa shape index (κ3) is 4.84. The van der Waals surface area contributed by atoms with E-state index in [9.17, 15) is 0 Å². The molecule has 4 nitrogen and oxygen atoms in total. The van der Waals surface area contributed by atoms with Gasteiger partial charge >= 0.3 is 0 Å². The van der Waals surface area contributed by atoms with Gasteiger partial charge in [0.2, 0.25) is 0 Å². The molecule has 0 fully saturated rings. The number of benzene rings is 4. The molecule has 0 saturated carbocycles. The normalized spacial score (nSPS) is 15.4. The van der Waals surface area contributed by atoms with E-state index in [1.165, 1.54) is 49.7 Å². The summed E-state index contributed by atoms with van der Waals surface area (Å²) in [5.41, 5.74) is 16.6. The number of hydrogen-bond donors (Lipinski definition) is 1. The molecule has 6 aromatic rings. The Labute approximate surface area is 282 Å². The number of hydrogen-bond acceptors (Lipinski definition) is 2. The summed E-state index contributed by atoms with van der Waals surface area (Å²) in [6.45, 7) is 12.9. The van der Waals surface area contributed by atoms with E-state index in [0.29, 0.717) is 5.92 Å². The molecule has 236 valence electrons. The van der Waals surface area contributed by atoms with Crippen molar-refractivity contribution in [1.29, 1.82) is 0 Å². The zero-order valence-electron chi connectivity index (χ0n) is 27.7. The van der Waals surface area contributed by atoms with Crippen LogP contribution in [0.5, 0.6) is 0 Å². The van der Waals surface area contributed by atoms with E-state index in [0.717, 1.165) is 47.3 Å². The van der Waals surface area contributed by atoms with Crippen LogP contribution in [0.2, 0.25) is 0 Å². The summed E-state index contributed by atoms with van der Waals surface area (Å²) in [5.74, 6) is 0.366. The van der Waals surface area contributed by atoms with Crippen molar-refractivity contribution in [2.75, 3.05) is 10.3 Å². The second-order valence-electron chi connectivity index (χ2n) is 13.0. The first-order valence-electron chi connectivity index (χ1n) is 16.9. The number of unbranched alkanes of at least 4 members (excludes halogenated alkanes) is 1. The van der Waals surface area contributed by atoms with Crippen LogP contribution in [0.15, 0.2) is 141 Å². The van der Waals surface area contributed by atoms with Gasteiger partial charge in [0.25, 0.3) is 0 Å². The lowest BCUT2D eigenvalue weighted by atomic mass is 9.97. The molecule has 0 amide bonds. The molecule has 3 heterocycles. The Balaban J connectivity index is 1.35. The molecule has 2 aliphatic rings. The number of allylic oxidation sites excluding steroid dienone is 7. The molecule has 4 heteroatoms. The molecule has 1 aliphatic carbocycles. The average molecular weight is 625 g/mol. The molecule has 8 rings (SSSR count). The average Bonchev–Trinajstić information content (AvgIpc) is 3.78. The quantitative estimate of drug-likeness (QED) is 0.135. The minimum Gasteiger partial charge on any atom is -0.316 e. The van der Waals surface area contributed by atoms with Crippen LogP contribution in [-0.2, 0) is 6.42 Å². The van der Waals surface area contributed by atoms with E-state index in [4.69, 9.17) is 0 Å². The Morgan fingerprint density at radius 1 is 0.833 bits per heavy atom. The zero-order valence-corrected chi connectivity index (χ0v) is 27.7. The molecule has 0 bridgehead atoms. The van der Waals surface area contributed by atoms with Gasteiger partial charge < -0.3 is 14.9 Å². The standard InChI is InChI=1S/C44H40N4/c1-5-6-7-12-25-45-48-43-28-38-31(4)16-11-13-26-46(41(38)29-39(43)37-21-14-19-34(30(2)3)44(37)48)33-23-24-36-35-20-15-22-40(35)47(42(36)27-33)32-17-9-8-10-18-32/h5,8-21,23-30,45H,1,4,6-7,22H2,2-3H3/b16-11-,25-12-,26-13-. The Morgan fingerprint density at radius 2 is 1.71 bits per heavy atom. The maximum absolute atomic E-state index is 4.54. The van der Waals surface area contributed by atoms with Crippen LogP contribution in [-0.4, -0.2) is 9.24 Å². The number of nitrogens with zero attached hydrogens (tertiary/aromatic N) is 3. The van der Waals surface area contributed by atoms with Crippen molar-refractivity contribution in [3.05, 3.63) is 163 Å². The molecule has 0 atom stereocenters. The summed E-state index contributed by atoms with van der Waals surface area (Å²) in [7, 11) is 0. The number of anilines is 2. The van der Waals surface area contributed by atoms with Crippen molar-refractivity contribution in [3.63, 3.8) is 0 Å². The lowest BCUT2D eigenvalue weighted by Gasteiger charge is -2.26. The molecule has 4 aromatic carbocycles. The first kappa shape index (κ1) is 29.6. The van der Waals surface area contributed by atoms with E-state index in [-0.39, 0.29) is 0 Å². The molecule has 0 radical (unpaired) electrons. The highest BCUT2D eigenvalue weighted by Gasteiger charge is 2.24. The van der Waals surface area contributed by atoms with Gasteiger partial charge in [0.15, 0.2) is 0 Å². The van der Waals surface area contributed by atoms with E-state index in [2.05, 4.69) is 174 Å². The Hall–Kier alpha value is -5.74. The van der Waals surface area contributed by atoms with E-state index in [1.54, 1.807) is 0 Å². The van der Waals surface area contributed by atoms with Crippen LogP contribution in [0.25, 0.3) is 50.0 Å². The SMILES string of the molecule is C=CCC/C=C\Nn1c2cc3c(cc2c2cccc(C(C)C)c21)N(c1ccc2c4c(n(-c5ccccc5)c2c1)CC=C4)/C=C\C=C/C3=C. The lowest BCUT2D eigenvalue weighted by Crippen LogP contribution is -2.12. The van der Waals surface area contributed by atoms with Gasteiger partial charge in [-0.1, -0.05) is 99.3 Å². The van der Waals surface area contributed by atoms with Gasteiger partial charge in [-0.3, -0.25) is 4.68 Å². The Morgan fingerprint density at radius 3 is 2.54 bits per heavy atom. The second-order valence-corrected chi connectivity index (χ2v) is 13.0. The summed E-state index contributed by atoms with van der Waals surface area (Å²) < 4.78 is 4.69. The minimum absolute atomic E-state index is 0.366. The van der Waals surface area contributed by atoms with Crippen LogP contribution in [0.3, 0.4) is 0 Å². The van der Waals surface area contributed by atoms with Crippen LogP contribution in [0, 0.1) is 0 Å². The summed E-state index contributed by atoms with van der Waals surface area (Å²) in [6, 6.07) is 29.0. The van der Waals surface area contributed by atoms with Crippen molar-refractivity contribution in [2.24, 2.45) is 0 Å². The summed E-state index contributed by atoms with van der Waals surface area (Å²) in [4.78, 5) is 2.32. The first-order chi connectivity index (χ1) is 23.5. The predicted molar refractivity (Wildman–Crippen MR) is 207 cm³/mol. The molecular formula is C44H40N4. The number of rotatable bonds is 8. The van der Waals surface area contributed by atoms with Crippen LogP contribution >= 0.6 is 0 Å². The van der Waals surface area contributed by atoms with Gasteiger partial charge in [-0.05, 0) is 72.4 Å². The Kier molecular flexibility index (Phi) is 7.49. The minimum atomic E-state index is 0.366. The summed E-state index contributed by atoms with van der Waals surface area (Å²) in [6.07, 6.45) is 22.0. The summed E-state index contributed by atoms with van der Waals surface area (Å²) >= 11 is 0. The number of fused-ring (bicyclic) bond motifs is 7. The maximum Gasteiger partial charge on any atom is 0.0744 e.